The van der Waals surface area contributed by atoms with Gasteiger partial charge in [-0.3, -0.25) is 14.4 Å². The minimum absolute atomic E-state index is 0.104. The monoisotopic (exact) mass is 678 g/mol. The molecule has 0 aliphatic carbocycles. The summed E-state index contributed by atoms with van der Waals surface area (Å²) >= 11 is 0. The number of amides is 1. The Morgan fingerprint density at radius 2 is 1.32 bits per heavy atom. The van der Waals surface area contributed by atoms with Crippen LogP contribution in [0.3, 0.4) is 0 Å². The highest BCUT2D eigenvalue weighted by molar-refractivity contribution is 5.90. The quantitative estimate of drug-likeness (QED) is 0.168. The zero-order chi connectivity index (χ0) is 35.6. The zero-order valence-electron chi connectivity index (χ0n) is 28.5. The van der Waals surface area contributed by atoms with E-state index < -0.39 is 0 Å². The molecule has 11 nitrogen and oxygen atoms in total. The number of carbonyl (C=O) groups is 1. The summed E-state index contributed by atoms with van der Waals surface area (Å²) in [5.41, 5.74) is 3.28. The lowest BCUT2D eigenvalue weighted by Crippen LogP contribution is -2.25. The van der Waals surface area contributed by atoms with Crippen LogP contribution in [0.25, 0.3) is 44.5 Å². The van der Waals surface area contributed by atoms with Gasteiger partial charge in [0.2, 0.25) is 5.75 Å². The number of aryl methyl sites for hydroxylation is 1. The molecule has 0 saturated heterocycles. The standard InChI is InChI=1S/C20H20N2O4.C19H18O5/c1-21-18(24)12-26-17-10-9-14-16(23)11-15(13-7-5-4-6-8-13)22(2)19(14)20(17)25-3;1-21-10-11-23-16-9-8-14-15(20)12-17(13-6-4-3-5-7-13)24-18(14)19(16)22-2/h4-11H,12H2,1-3H3,(H,21,24);3-9,12H,10-11H2,1-2H3. The molecule has 0 bridgehead atoms. The number of fused-ring (bicyclic) bond motifs is 2. The van der Waals surface area contributed by atoms with E-state index in [9.17, 15) is 14.4 Å². The van der Waals surface area contributed by atoms with E-state index in [1.165, 1.54) is 20.3 Å². The Labute approximate surface area is 288 Å². The van der Waals surface area contributed by atoms with Crippen LogP contribution in [0.2, 0.25) is 0 Å². The largest absolute Gasteiger partial charge is 0.491 e. The normalized spacial score (nSPS) is 10.7. The van der Waals surface area contributed by atoms with E-state index in [1.54, 1.807) is 44.5 Å². The second kappa shape index (κ2) is 16.4. The molecular weight excluding hydrogens is 640 g/mol. The van der Waals surface area contributed by atoms with Crippen molar-refractivity contribution in [2.24, 2.45) is 7.05 Å². The second-order valence-corrected chi connectivity index (χ2v) is 10.9. The predicted octanol–water partition coefficient (Wildman–Crippen LogP) is 5.83. The molecule has 2 heterocycles. The molecule has 2 aromatic heterocycles. The minimum Gasteiger partial charge on any atom is -0.491 e. The van der Waals surface area contributed by atoms with E-state index in [4.69, 9.17) is 28.1 Å². The molecule has 258 valence electrons. The number of pyridine rings is 1. The highest BCUT2D eigenvalue weighted by Gasteiger charge is 2.18. The van der Waals surface area contributed by atoms with Crippen molar-refractivity contribution in [2.75, 3.05) is 48.2 Å². The summed E-state index contributed by atoms with van der Waals surface area (Å²) in [6.45, 7) is 0.695. The van der Waals surface area contributed by atoms with Crippen LogP contribution in [-0.4, -0.2) is 58.7 Å². The van der Waals surface area contributed by atoms with Crippen LogP contribution in [0, 0.1) is 0 Å². The third-order valence-electron chi connectivity index (χ3n) is 7.86. The fourth-order valence-electron chi connectivity index (χ4n) is 5.38. The SMILES string of the molecule is CNC(=O)COc1ccc2c(=O)cc(-c3ccccc3)n(C)c2c1OC.COCCOc1ccc2c(=O)cc(-c3ccccc3)oc2c1OC. The molecule has 1 amide bonds. The van der Waals surface area contributed by atoms with E-state index in [-0.39, 0.29) is 23.4 Å². The molecule has 0 fully saturated rings. The van der Waals surface area contributed by atoms with Crippen molar-refractivity contribution in [2.45, 2.75) is 0 Å². The van der Waals surface area contributed by atoms with E-state index in [0.717, 1.165) is 16.8 Å². The maximum Gasteiger partial charge on any atom is 0.257 e. The van der Waals surface area contributed by atoms with E-state index in [1.807, 2.05) is 72.3 Å². The summed E-state index contributed by atoms with van der Waals surface area (Å²) in [5.74, 6) is 1.97. The third-order valence-corrected chi connectivity index (χ3v) is 7.86. The van der Waals surface area contributed by atoms with Crippen molar-refractivity contribution in [1.82, 2.24) is 9.88 Å². The number of aromatic nitrogens is 1. The van der Waals surface area contributed by atoms with Gasteiger partial charge in [0, 0.05) is 44.3 Å². The van der Waals surface area contributed by atoms with E-state index >= 15 is 0 Å². The molecule has 0 aliphatic heterocycles. The number of carbonyl (C=O) groups excluding carboxylic acids is 1. The predicted molar refractivity (Wildman–Crippen MR) is 193 cm³/mol. The van der Waals surface area contributed by atoms with Crippen LogP contribution in [-0.2, 0) is 16.6 Å². The van der Waals surface area contributed by atoms with Crippen molar-refractivity contribution in [1.29, 1.82) is 0 Å². The molecule has 0 atom stereocenters. The number of nitrogens with zero attached hydrogens (tertiary/aromatic N) is 1. The highest BCUT2D eigenvalue weighted by atomic mass is 16.5. The second-order valence-electron chi connectivity index (χ2n) is 10.9. The Morgan fingerprint density at radius 1 is 0.720 bits per heavy atom. The van der Waals surface area contributed by atoms with Crippen LogP contribution in [0.4, 0.5) is 0 Å². The van der Waals surface area contributed by atoms with Crippen LogP contribution >= 0.6 is 0 Å². The fraction of sp³-hybridized carbons (Fsp3) is 0.205. The number of methoxy groups -OCH3 is 3. The van der Waals surface area contributed by atoms with Gasteiger partial charge in [0.25, 0.3) is 5.91 Å². The number of nitrogens with one attached hydrogen (secondary N) is 1. The number of rotatable bonds is 11. The van der Waals surface area contributed by atoms with Crippen molar-refractivity contribution >= 4 is 27.8 Å². The van der Waals surface area contributed by atoms with Gasteiger partial charge in [0.15, 0.2) is 40.3 Å². The summed E-state index contributed by atoms with van der Waals surface area (Å²) in [6.07, 6.45) is 0. The van der Waals surface area contributed by atoms with Gasteiger partial charge in [-0.15, -0.1) is 0 Å². The molecule has 6 aromatic rings. The van der Waals surface area contributed by atoms with Gasteiger partial charge in [0.1, 0.15) is 12.4 Å². The first kappa shape index (κ1) is 35.2. The molecule has 0 spiro atoms. The van der Waals surface area contributed by atoms with Crippen LogP contribution < -0.4 is 35.1 Å². The Kier molecular flexibility index (Phi) is 11.5. The molecule has 1 N–H and O–H groups in total. The topological polar surface area (TPSA) is 127 Å². The number of ether oxygens (including phenoxy) is 5. The number of likely N-dealkylation sites (N-methyl/N-ethyl adjacent to an activating group) is 1. The van der Waals surface area contributed by atoms with Crippen molar-refractivity contribution in [3.63, 3.8) is 0 Å². The number of benzene rings is 4. The molecule has 50 heavy (non-hydrogen) atoms. The summed E-state index contributed by atoms with van der Waals surface area (Å²) in [7, 11) is 8.05. The average molecular weight is 679 g/mol. The smallest absolute Gasteiger partial charge is 0.257 e. The van der Waals surface area contributed by atoms with Crippen LogP contribution in [0.15, 0.2) is 111 Å². The summed E-state index contributed by atoms with van der Waals surface area (Å²) in [4.78, 5) is 36.6. The van der Waals surface area contributed by atoms with Gasteiger partial charge in [-0.25, -0.2) is 0 Å². The Hall–Kier alpha value is -6.07. The fourth-order valence-corrected chi connectivity index (χ4v) is 5.38. The van der Waals surface area contributed by atoms with Gasteiger partial charge < -0.3 is 38.0 Å². The number of hydrogen-bond acceptors (Lipinski definition) is 9. The lowest BCUT2D eigenvalue weighted by atomic mass is 10.1. The Morgan fingerprint density at radius 3 is 1.94 bits per heavy atom. The molecule has 0 unspecified atom stereocenters. The average Bonchev–Trinajstić information content (AvgIpc) is 3.15. The third kappa shape index (κ3) is 7.63. The maximum absolute atomic E-state index is 12.6. The lowest BCUT2D eigenvalue weighted by Gasteiger charge is -2.17. The number of hydrogen-bond donors (Lipinski definition) is 1. The Bertz CT molecular complexity index is 2210. The highest BCUT2D eigenvalue weighted by Crippen LogP contribution is 2.37. The van der Waals surface area contributed by atoms with Gasteiger partial charge in [0.05, 0.1) is 37.4 Å². The molecule has 0 radical (unpaired) electrons. The van der Waals surface area contributed by atoms with E-state index in [2.05, 4.69) is 5.32 Å². The van der Waals surface area contributed by atoms with Gasteiger partial charge in [-0.2, -0.15) is 0 Å². The van der Waals surface area contributed by atoms with Crippen LogP contribution in [0.1, 0.15) is 0 Å². The van der Waals surface area contributed by atoms with Crippen molar-refractivity contribution in [3.8, 4) is 45.6 Å². The first-order chi connectivity index (χ1) is 24.3. The van der Waals surface area contributed by atoms with Crippen molar-refractivity contribution in [3.05, 3.63) is 118 Å². The molecule has 11 heteroatoms. The first-order valence-electron chi connectivity index (χ1n) is 15.7. The molecule has 0 saturated carbocycles. The molecule has 0 aliphatic rings. The summed E-state index contributed by atoms with van der Waals surface area (Å²) in [5, 5.41) is 3.48. The molecule has 4 aromatic carbocycles. The lowest BCUT2D eigenvalue weighted by molar-refractivity contribution is -0.122. The summed E-state index contributed by atoms with van der Waals surface area (Å²) in [6, 6.07) is 28.9. The molecular formula is C39H38N2O9. The molecule has 6 rings (SSSR count). The van der Waals surface area contributed by atoms with Gasteiger partial charge >= 0.3 is 0 Å². The Balaban J connectivity index is 0.000000195. The zero-order valence-corrected chi connectivity index (χ0v) is 28.5. The summed E-state index contributed by atoms with van der Waals surface area (Å²) < 4.78 is 35.0. The van der Waals surface area contributed by atoms with E-state index in [0.29, 0.717) is 63.8 Å². The first-order valence-corrected chi connectivity index (χ1v) is 15.7. The van der Waals surface area contributed by atoms with Gasteiger partial charge in [-0.05, 0) is 29.8 Å². The minimum atomic E-state index is -0.251. The van der Waals surface area contributed by atoms with Crippen molar-refractivity contribution < 1.29 is 32.9 Å². The van der Waals surface area contributed by atoms with Crippen LogP contribution in [0.5, 0.6) is 23.0 Å². The van der Waals surface area contributed by atoms with Gasteiger partial charge in [-0.1, -0.05) is 60.7 Å². The maximum atomic E-state index is 12.6.